The largest absolute Gasteiger partial charge is 0.490 e. The van der Waals surface area contributed by atoms with Crippen molar-refractivity contribution in [3.05, 3.63) is 41.4 Å². The predicted molar refractivity (Wildman–Crippen MR) is 121 cm³/mol. The second-order valence-corrected chi connectivity index (χ2v) is 7.94. The van der Waals surface area contributed by atoms with Crippen molar-refractivity contribution in [1.82, 2.24) is 0 Å². The van der Waals surface area contributed by atoms with Crippen LogP contribution in [0.15, 0.2) is 36.4 Å². The van der Waals surface area contributed by atoms with E-state index in [1.54, 1.807) is 55.1 Å². The number of anilines is 2. The van der Waals surface area contributed by atoms with Crippen LogP contribution in [0.2, 0.25) is 5.02 Å². The van der Waals surface area contributed by atoms with Crippen LogP contribution in [-0.4, -0.2) is 37.2 Å². The summed E-state index contributed by atoms with van der Waals surface area (Å²) < 4.78 is 17.0. The Morgan fingerprint density at radius 1 is 1.10 bits per heavy atom. The van der Waals surface area contributed by atoms with Crippen molar-refractivity contribution in [2.45, 2.75) is 39.7 Å². The third-order valence-corrected chi connectivity index (χ3v) is 4.96. The Kier molecular flexibility index (Phi) is 6.95. The van der Waals surface area contributed by atoms with Crippen LogP contribution in [0.1, 0.15) is 34.1 Å². The van der Waals surface area contributed by atoms with Gasteiger partial charge in [-0.05, 0) is 58.0 Å². The SMILES string of the molecule is CCOc1ccc(NC(=O)CCN2C(=O)C(C)(C)Oc3ccc(Cl)cc32)cc1OCC. The number of fused-ring (bicyclic) bond motifs is 1. The van der Waals surface area contributed by atoms with Crippen LogP contribution in [0.4, 0.5) is 11.4 Å². The number of hydrogen-bond acceptors (Lipinski definition) is 5. The average molecular weight is 447 g/mol. The molecule has 2 aromatic carbocycles. The molecule has 1 heterocycles. The predicted octanol–water partition coefficient (Wildman–Crippen LogP) is 4.67. The monoisotopic (exact) mass is 446 g/mol. The highest BCUT2D eigenvalue weighted by atomic mass is 35.5. The fourth-order valence-corrected chi connectivity index (χ4v) is 3.49. The molecule has 1 aliphatic rings. The van der Waals surface area contributed by atoms with E-state index >= 15 is 0 Å². The summed E-state index contributed by atoms with van der Waals surface area (Å²) in [5.41, 5.74) is 0.122. The maximum atomic E-state index is 12.9. The molecule has 1 N–H and O–H groups in total. The molecular weight excluding hydrogens is 420 g/mol. The van der Waals surface area contributed by atoms with Gasteiger partial charge in [0.2, 0.25) is 5.91 Å². The second-order valence-electron chi connectivity index (χ2n) is 7.51. The zero-order valence-electron chi connectivity index (χ0n) is 18.2. The van der Waals surface area contributed by atoms with Crippen LogP contribution in [-0.2, 0) is 9.59 Å². The molecule has 8 heteroatoms. The highest BCUT2D eigenvalue weighted by molar-refractivity contribution is 6.31. The number of rotatable bonds is 8. The number of carbonyl (C=O) groups excluding carboxylic acids is 2. The molecule has 7 nitrogen and oxygen atoms in total. The van der Waals surface area contributed by atoms with E-state index in [1.165, 1.54) is 0 Å². The summed E-state index contributed by atoms with van der Waals surface area (Å²) in [6, 6.07) is 10.3. The van der Waals surface area contributed by atoms with Crippen LogP contribution in [0, 0.1) is 0 Å². The first-order chi connectivity index (χ1) is 14.7. The van der Waals surface area contributed by atoms with E-state index in [-0.39, 0.29) is 24.8 Å². The summed E-state index contributed by atoms with van der Waals surface area (Å²) in [4.78, 5) is 27.1. The van der Waals surface area contributed by atoms with Crippen LogP contribution in [0.25, 0.3) is 0 Å². The molecule has 0 saturated carbocycles. The first-order valence-corrected chi connectivity index (χ1v) is 10.6. The molecule has 0 saturated heterocycles. The van der Waals surface area contributed by atoms with E-state index in [9.17, 15) is 9.59 Å². The van der Waals surface area contributed by atoms with Gasteiger partial charge in [0.15, 0.2) is 17.1 Å². The normalized spacial score (nSPS) is 14.5. The highest BCUT2D eigenvalue weighted by Crippen LogP contribution is 2.39. The number of ether oxygens (including phenoxy) is 3. The quantitative estimate of drug-likeness (QED) is 0.637. The maximum absolute atomic E-state index is 12.9. The number of halogens is 1. The van der Waals surface area contributed by atoms with E-state index in [1.807, 2.05) is 13.8 Å². The summed E-state index contributed by atoms with van der Waals surface area (Å²) in [5.74, 6) is 1.29. The molecule has 0 bridgehead atoms. The zero-order chi connectivity index (χ0) is 22.6. The number of amides is 2. The Morgan fingerprint density at radius 3 is 2.52 bits per heavy atom. The van der Waals surface area contributed by atoms with E-state index in [2.05, 4.69) is 5.32 Å². The lowest BCUT2D eigenvalue weighted by molar-refractivity contribution is -0.132. The summed E-state index contributed by atoms with van der Waals surface area (Å²) in [7, 11) is 0. The van der Waals surface area contributed by atoms with Gasteiger partial charge in [-0.2, -0.15) is 0 Å². The molecule has 3 rings (SSSR count). The molecule has 0 unspecified atom stereocenters. The van der Waals surface area contributed by atoms with Crippen LogP contribution < -0.4 is 24.4 Å². The summed E-state index contributed by atoms with van der Waals surface area (Å²) in [6.45, 7) is 8.37. The van der Waals surface area contributed by atoms with Gasteiger partial charge in [0.1, 0.15) is 5.75 Å². The van der Waals surface area contributed by atoms with Crippen molar-refractivity contribution in [1.29, 1.82) is 0 Å². The van der Waals surface area contributed by atoms with Gasteiger partial charge < -0.3 is 24.4 Å². The summed E-state index contributed by atoms with van der Waals surface area (Å²) >= 11 is 6.11. The van der Waals surface area contributed by atoms with Crippen molar-refractivity contribution in [2.24, 2.45) is 0 Å². The van der Waals surface area contributed by atoms with Crippen LogP contribution in [0.5, 0.6) is 17.2 Å². The number of nitrogens with one attached hydrogen (secondary N) is 1. The minimum Gasteiger partial charge on any atom is -0.490 e. The van der Waals surface area contributed by atoms with Crippen LogP contribution in [0.3, 0.4) is 0 Å². The Bertz CT molecular complexity index is 976. The molecule has 166 valence electrons. The lowest BCUT2D eigenvalue weighted by Gasteiger charge is -2.38. The molecule has 0 fully saturated rings. The number of hydrogen-bond donors (Lipinski definition) is 1. The molecular formula is C23H27ClN2O5. The lowest BCUT2D eigenvalue weighted by Crippen LogP contribution is -2.53. The number of nitrogens with zero attached hydrogens (tertiary/aromatic N) is 1. The molecule has 0 spiro atoms. The fourth-order valence-electron chi connectivity index (χ4n) is 3.33. The molecule has 0 aromatic heterocycles. The van der Waals surface area contributed by atoms with Gasteiger partial charge in [-0.1, -0.05) is 11.6 Å². The first kappa shape index (κ1) is 22.7. The van der Waals surface area contributed by atoms with E-state index < -0.39 is 5.60 Å². The Labute approximate surface area is 187 Å². The van der Waals surface area contributed by atoms with Gasteiger partial charge in [0.05, 0.1) is 18.9 Å². The second kappa shape index (κ2) is 9.47. The van der Waals surface area contributed by atoms with Crippen molar-refractivity contribution < 1.29 is 23.8 Å². The molecule has 1 aliphatic heterocycles. The summed E-state index contributed by atoms with van der Waals surface area (Å²) in [5, 5.41) is 3.34. The lowest BCUT2D eigenvalue weighted by atomic mass is 10.0. The standard InChI is InChI=1S/C23H27ClN2O5/c1-5-29-19-10-8-16(14-20(19)30-6-2)25-21(27)11-12-26-17-13-15(24)7-9-18(17)31-23(3,4)22(26)28/h7-10,13-14H,5-6,11-12H2,1-4H3,(H,25,27). The van der Waals surface area contributed by atoms with Gasteiger partial charge in [-0.25, -0.2) is 0 Å². The van der Waals surface area contributed by atoms with Gasteiger partial charge in [0.25, 0.3) is 5.91 Å². The fraction of sp³-hybridized carbons (Fsp3) is 0.391. The molecule has 0 radical (unpaired) electrons. The highest BCUT2D eigenvalue weighted by Gasteiger charge is 2.40. The van der Waals surface area contributed by atoms with Crippen molar-refractivity contribution >= 4 is 34.8 Å². The first-order valence-electron chi connectivity index (χ1n) is 10.2. The van der Waals surface area contributed by atoms with E-state index in [4.69, 9.17) is 25.8 Å². The molecule has 2 amide bonds. The average Bonchev–Trinajstić information content (AvgIpc) is 2.71. The minimum atomic E-state index is -1.03. The van der Waals surface area contributed by atoms with Gasteiger partial charge >= 0.3 is 0 Å². The molecule has 0 aliphatic carbocycles. The number of benzene rings is 2. The molecule has 0 atom stereocenters. The minimum absolute atomic E-state index is 0.102. The van der Waals surface area contributed by atoms with Crippen molar-refractivity contribution in [3.63, 3.8) is 0 Å². The molecule has 31 heavy (non-hydrogen) atoms. The summed E-state index contributed by atoms with van der Waals surface area (Å²) in [6.07, 6.45) is 0.102. The third kappa shape index (κ3) is 5.22. The van der Waals surface area contributed by atoms with E-state index in [0.29, 0.717) is 46.9 Å². The maximum Gasteiger partial charge on any atom is 0.270 e. The smallest absolute Gasteiger partial charge is 0.270 e. The third-order valence-electron chi connectivity index (χ3n) is 4.73. The van der Waals surface area contributed by atoms with Gasteiger partial charge in [-0.15, -0.1) is 0 Å². The Balaban J connectivity index is 1.71. The number of carbonyl (C=O) groups is 2. The van der Waals surface area contributed by atoms with E-state index in [0.717, 1.165) is 0 Å². The topological polar surface area (TPSA) is 77.1 Å². The zero-order valence-corrected chi connectivity index (χ0v) is 18.9. The van der Waals surface area contributed by atoms with Gasteiger partial charge in [-0.3, -0.25) is 9.59 Å². The van der Waals surface area contributed by atoms with Gasteiger partial charge in [0, 0.05) is 29.7 Å². The Morgan fingerprint density at radius 2 is 1.81 bits per heavy atom. The Hall–Kier alpha value is -2.93. The van der Waals surface area contributed by atoms with Crippen molar-refractivity contribution in [3.8, 4) is 17.2 Å². The van der Waals surface area contributed by atoms with Crippen LogP contribution >= 0.6 is 11.6 Å². The molecule has 2 aromatic rings. The van der Waals surface area contributed by atoms with Crippen molar-refractivity contribution in [2.75, 3.05) is 30.0 Å².